The van der Waals surface area contributed by atoms with Crippen LogP contribution in [0.15, 0.2) is 48.0 Å². The van der Waals surface area contributed by atoms with Crippen LogP contribution >= 0.6 is 0 Å². The molecule has 32 heavy (non-hydrogen) atoms. The molecular weight excluding hydrogens is 408 g/mol. The summed E-state index contributed by atoms with van der Waals surface area (Å²) in [5.74, 6) is 0.380. The normalized spacial score (nSPS) is 11.1. The van der Waals surface area contributed by atoms with Gasteiger partial charge in [-0.25, -0.2) is 4.79 Å². The fraction of sp³-hybridized carbons (Fsp3) is 0.320. The second-order valence-electron chi connectivity index (χ2n) is 7.70. The zero-order valence-electron chi connectivity index (χ0n) is 19.0. The van der Waals surface area contributed by atoms with Crippen LogP contribution in [0.4, 0.5) is 0 Å². The minimum absolute atomic E-state index is 0.0393. The van der Waals surface area contributed by atoms with Crippen LogP contribution < -0.4 is 19.5 Å². The number of esters is 1. The van der Waals surface area contributed by atoms with Crippen molar-refractivity contribution in [2.24, 2.45) is 0 Å². The smallest absolute Gasteiger partial charge is 0.349 e. The molecule has 0 aromatic heterocycles. The van der Waals surface area contributed by atoms with Crippen LogP contribution in [0, 0.1) is 11.3 Å². The van der Waals surface area contributed by atoms with Gasteiger partial charge in [-0.05, 0) is 61.2 Å². The van der Waals surface area contributed by atoms with Gasteiger partial charge < -0.3 is 19.5 Å². The fourth-order valence-electron chi connectivity index (χ4n) is 2.77. The molecule has 0 bridgehead atoms. The Morgan fingerprint density at radius 2 is 1.84 bits per heavy atom. The molecule has 7 heteroatoms. The molecule has 0 radical (unpaired) electrons. The number of nitrogens with one attached hydrogen (secondary N) is 1. The third kappa shape index (κ3) is 7.17. The van der Waals surface area contributed by atoms with E-state index in [1.54, 1.807) is 18.2 Å². The molecule has 1 N–H and O–H groups in total. The van der Waals surface area contributed by atoms with Crippen molar-refractivity contribution in [3.8, 4) is 23.3 Å². The largest absolute Gasteiger partial charge is 0.493 e. The van der Waals surface area contributed by atoms with Gasteiger partial charge in [0.15, 0.2) is 18.1 Å². The lowest BCUT2D eigenvalue weighted by Crippen LogP contribution is -2.30. The molecule has 7 nitrogen and oxygen atoms in total. The van der Waals surface area contributed by atoms with Crippen molar-refractivity contribution in [2.45, 2.75) is 39.7 Å². The Labute approximate surface area is 188 Å². The zero-order valence-corrected chi connectivity index (χ0v) is 19.0. The van der Waals surface area contributed by atoms with E-state index < -0.39 is 11.9 Å². The van der Waals surface area contributed by atoms with Gasteiger partial charge >= 0.3 is 5.97 Å². The lowest BCUT2D eigenvalue weighted by atomic mass is 10.0. The average Bonchev–Trinajstić information content (AvgIpc) is 2.76. The standard InChI is InChI=1S/C25H28N2O5/c1-16(2)19-7-6-8-21(13-19)31-15-24(28)32-22-10-9-18(12-23(22)30-5)11-20(14-26)25(29)27-17(3)4/h6-13,16-17H,15H2,1-5H3,(H,27,29)/b20-11+. The van der Waals surface area contributed by atoms with Gasteiger partial charge in [0.05, 0.1) is 7.11 Å². The molecule has 0 spiro atoms. The van der Waals surface area contributed by atoms with Gasteiger partial charge in [0.25, 0.3) is 5.91 Å². The van der Waals surface area contributed by atoms with E-state index in [0.717, 1.165) is 5.56 Å². The molecule has 0 unspecified atom stereocenters. The van der Waals surface area contributed by atoms with Crippen LogP contribution in [0.3, 0.4) is 0 Å². The van der Waals surface area contributed by atoms with Crippen molar-refractivity contribution in [2.75, 3.05) is 13.7 Å². The molecule has 0 heterocycles. The summed E-state index contributed by atoms with van der Waals surface area (Å²) < 4.78 is 16.2. The molecule has 0 saturated carbocycles. The van der Waals surface area contributed by atoms with Gasteiger partial charge in [-0.15, -0.1) is 0 Å². The van der Waals surface area contributed by atoms with E-state index >= 15 is 0 Å². The molecule has 0 atom stereocenters. The molecule has 2 aromatic carbocycles. The van der Waals surface area contributed by atoms with Crippen LogP contribution in [0.5, 0.6) is 17.2 Å². The minimum Gasteiger partial charge on any atom is -0.493 e. The summed E-state index contributed by atoms with van der Waals surface area (Å²) in [6.07, 6.45) is 1.44. The summed E-state index contributed by atoms with van der Waals surface area (Å²) in [6, 6.07) is 14.1. The number of hydrogen-bond donors (Lipinski definition) is 1. The highest BCUT2D eigenvalue weighted by Crippen LogP contribution is 2.29. The number of nitrogens with zero attached hydrogens (tertiary/aromatic N) is 1. The van der Waals surface area contributed by atoms with E-state index in [1.807, 2.05) is 38.1 Å². The van der Waals surface area contributed by atoms with Crippen LogP contribution in [0.1, 0.15) is 44.7 Å². The summed E-state index contributed by atoms with van der Waals surface area (Å²) in [5.41, 5.74) is 1.63. The summed E-state index contributed by atoms with van der Waals surface area (Å²) in [5, 5.41) is 12.0. The molecular formula is C25H28N2O5. The van der Waals surface area contributed by atoms with Crippen molar-refractivity contribution in [3.63, 3.8) is 0 Å². The second-order valence-corrected chi connectivity index (χ2v) is 7.70. The van der Waals surface area contributed by atoms with Crippen molar-refractivity contribution in [3.05, 3.63) is 59.2 Å². The number of benzene rings is 2. The van der Waals surface area contributed by atoms with Gasteiger partial charge in [-0.2, -0.15) is 5.26 Å². The molecule has 0 fully saturated rings. The van der Waals surface area contributed by atoms with E-state index in [4.69, 9.17) is 14.2 Å². The Morgan fingerprint density at radius 3 is 2.47 bits per heavy atom. The average molecular weight is 437 g/mol. The number of hydrogen-bond acceptors (Lipinski definition) is 6. The first-order valence-corrected chi connectivity index (χ1v) is 10.3. The Morgan fingerprint density at radius 1 is 1.09 bits per heavy atom. The first kappa shape index (κ1) is 24.5. The van der Waals surface area contributed by atoms with Crippen molar-refractivity contribution < 1.29 is 23.8 Å². The molecule has 2 aromatic rings. The summed E-state index contributed by atoms with van der Waals surface area (Å²) in [7, 11) is 1.44. The second kappa shape index (κ2) is 11.6. The zero-order chi connectivity index (χ0) is 23.7. The van der Waals surface area contributed by atoms with Crippen molar-refractivity contribution in [1.82, 2.24) is 5.32 Å². The van der Waals surface area contributed by atoms with Crippen LogP contribution in [0.2, 0.25) is 0 Å². The third-order valence-electron chi connectivity index (χ3n) is 4.39. The van der Waals surface area contributed by atoms with E-state index in [9.17, 15) is 14.9 Å². The van der Waals surface area contributed by atoms with Crippen molar-refractivity contribution in [1.29, 1.82) is 5.26 Å². The maximum absolute atomic E-state index is 12.3. The topological polar surface area (TPSA) is 97.6 Å². The molecule has 0 aliphatic rings. The number of methoxy groups -OCH3 is 1. The Balaban J connectivity index is 2.08. The maximum Gasteiger partial charge on any atom is 0.349 e. The van der Waals surface area contributed by atoms with Gasteiger partial charge in [-0.3, -0.25) is 4.79 Å². The van der Waals surface area contributed by atoms with Crippen LogP contribution in [-0.4, -0.2) is 31.6 Å². The lowest BCUT2D eigenvalue weighted by molar-refractivity contribution is -0.136. The predicted molar refractivity (Wildman–Crippen MR) is 122 cm³/mol. The molecule has 0 aliphatic carbocycles. The number of carbonyl (C=O) groups is 2. The van der Waals surface area contributed by atoms with Gasteiger partial charge in [0.2, 0.25) is 0 Å². The molecule has 0 aliphatic heterocycles. The van der Waals surface area contributed by atoms with Crippen LogP contribution in [0.25, 0.3) is 6.08 Å². The summed E-state index contributed by atoms with van der Waals surface area (Å²) in [4.78, 5) is 24.3. The highest BCUT2D eigenvalue weighted by Gasteiger charge is 2.14. The number of rotatable bonds is 9. The minimum atomic E-state index is -0.587. The molecule has 0 saturated heterocycles. The van der Waals surface area contributed by atoms with Gasteiger partial charge in [0, 0.05) is 6.04 Å². The molecule has 1 amide bonds. The lowest BCUT2D eigenvalue weighted by Gasteiger charge is -2.12. The van der Waals surface area contributed by atoms with Gasteiger partial charge in [-0.1, -0.05) is 32.0 Å². The summed E-state index contributed by atoms with van der Waals surface area (Å²) in [6.45, 7) is 7.51. The quantitative estimate of drug-likeness (QED) is 0.273. The Hall–Kier alpha value is -3.79. The monoisotopic (exact) mass is 436 g/mol. The van der Waals surface area contributed by atoms with E-state index in [2.05, 4.69) is 19.2 Å². The SMILES string of the molecule is COc1cc(/C=C(\C#N)C(=O)NC(C)C)ccc1OC(=O)COc1cccc(C(C)C)c1. The number of ether oxygens (including phenoxy) is 3. The number of amides is 1. The molecule has 2 rings (SSSR count). The van der Waals surface area contributed by atoms with Crippen molar-refractivity contribution >= 4 is 18.0 Å². The highest BCUT2D eigenvalue weighted by atomic mass is 16.6. The highest BCUT2D eigenvalue weighted by molar-refractivity contribution is 6.01. The predicted octanol–water partition coefficient (Wildman–Crippen LogP) is 4.23. The number of carbonyl (C=O) groups excluding carboxylic acids is 2. The van der Waals surface area contributed by atoms with E-state index in [0.29, 0.717) is 17.2 Å². The van der Waals surface area contributed by atoms with Crippen LogP contribution in [-0.2, 0) is 9.59 Å². The summed E-state index contributed by atoms with van der Waals surface area (Å²) >= 11 is 0. The maximum atomic E-state index is 12.3. The number of nitriles is 1. The Kier molecular flexibility index (Phi) is 8.84. The molecule has 168 valence electrons. The first-order valence-electron chi connectivity index (χ1n) is 10.3. The first-order chi connectivity index (χ1) is 15.2. The van der Waals surface area contributed by atoms with Gasteiger partial charge in [0.1, 0.15) is 17.4 Å². The van der Waals surface area contributed by atoms with E-state index in [-0.39, 0.29) is 29.7 Å². The Bertz CT molecular complexity index is 1030. The van der Waals surface area contributed by atoms with E-state index in [1.165, 1.54) is 19.3 Å². The fourth-order valence-corrected chi connectivity index (χ4v) is 2.77. The third-order valence-corrected chi connectivity index (χ3v) is 4.39.